The number of ether oxygens (including phenoxy) is 1. The van der Waals surface area contributed by atoms with Crippen molar-refractivity contribution in [2.75, 3.05) is 18.5 Å². The molecule has 0 saturated heterocycles. The van der Waals surface area contributed by atoms with E-state index in [1.807, 2.05) is 18.2 Å². The van der Waals surface area contributed by atoms with Gasteiger partial charge in [0.1, 0.15) is 12.4 Å². The van der Waals surface area contributed by atoms with Crippen molar-refractivity contribution in [3.63, 3.8) is 0 Å². The molecule has 2 amide bonds. The zero-order valence-corrected chi connectivity index (χ0v) is 12.8. The Balaban J connectivity index is 1.65. The van der Waals surface area contributed by atoms with Crippen molar-refractivity contribution in [1.29, 1.82) is 0 Å². The fourth-order valence-corrected chi connectivity index (χ4v) is 1.86. The van der Waals surface area contributed by atoms with Gasteiger partial charge in [-0.25, -0.2) is 5.43 Å². The van der Waals surface area contributed by atoms with Gasteiger partial charge in [0.2, 0.25) is 5.91 Å². The highest BCUT2D eigenvalue weighted by molar-refractivity contribution is 5.93. The summed E-state index contributed by atoms with van der Waals surface area (Å²) in [5.41, 5.74) is 6.72. The van der Waals surface area contributed by atoms with Gasteiger partial charge in [-0.15, -0.1) is 0 Å². The molecular formula is C17H19N3O3. The third kappa shape index (κ3) is 5.80. The Morgan fingerprint density at radius 3 is 2.35 bits per heavy atom. The molecule has 6 nitrogen and oxygen atoms in total. The van der Waals surface area contributed by atoms with Gasteiger partial charge in [-0.3, -0.25) is 15.0 Å². The fourth-order valence-electron chi connectivity index (χ4n) is 1.86. The molecule has 0 bridgehead atoms. The average Bonchev–Trinajstić information content (AvgIpc) is 2.56. The van der Waals surface area contributed by atoms with Crippen molar-refractivity contribution >= 4 is 17.5 Å². The number of amides is 2. The normalized spacial score (nSPS) is 9.96. The van der Waals surface area contributed by atoms with Gasteiger partial charge >= 0.3 is 0 Å². The van der Waals surface area contributed by atoms with Crippen LogP contribution in [0.5, 0.6) is 5.75 Å². The summed E-state index contributed by atoms with van der Waals surface area (Å²) >= 11 is 0. The molecule has 2 rings (SSSR count). The first-order valence-corrected chi connectivity index (χ1v) is 7.24. The maximum absolute atomic E-state index is 11.8. The summed E-state index contributed by atoms with van der Waals surface area (Å²) in [6.07, 6.45) is 0. The maximum atomic E-state index is 11.8. The van der Waals surface area contributed by atoms with Gasteiger partial charge in [-0.2, -0.15) is 0 Å². The van der Waals surface area contributed by atoms with Crippen LogP contribution in [0.4, 0.5) is 5.69 Å². The van der Waals surface area contributed by atoms with Gasteiger partial charge in [0.25, 0.3) is 5.91 Å². The molecule has 0 saturated carbocycles. The molecule has 0 aliphatic rings. The Labute approximate surface area is 134 Å². The number of hydrogen-bond acceptors (Lipinski definition) is 4. The van der Waals surface area contributed by atoms with Crippen molar-refractivity contribution in [3.8, 4) is 5.75 Å². The van der Waals surface area contributed by atoms with Crippen LogP contribution in [0.2, 0.25) is 0 Å². The number of hydrogen-bond donors (Lipinski definition) is 3. The zero-order valence-electron chi connectivity index (χ0n) is 12.8. The standard InChI is InChI=1S/C17H19N3O3/c1-13(21)19-15-7-9-16(10-8-15)23-12-11-18-20-17(22)14-5-3-2-4-6-14/h2-10,18H,11-12H2,1H3,(H,19,21)(H,20,22). The Kier molecular flexibility index (Phi) is 6.14. The number of rotatable bonds is 7. The molecule has 3 N–H and O–H groups in total. The molecule has 0 heterocycles. The molecule has 0 aliphatic carbocycles. The van der Waals surface area contributed by atoms with Crippen LogP contribution in [-0.2, 0) is 4.79 Å². The summed E-state index contributed by atoms with van der Waals surface area (Å²) in [5, 5.41) is 2.68. The van der Waals surface area contributed by atoms with E-state index in [0.717, 1.165) is 5.69 Å². The smallest absolute Gasteiger partial charge is 0.265 e. The number of carbonyl (C=O) groups is 2. The molecule has 0 aliphatic heterocycles. The summed E-state index contributed by atoms with van der Waals surface area (Å²) in [6.45, 7) is 2.32. The van der Waals surface area contributed by atoms with Crippen LogP contribution in [-0.4, -0.2) is 25.0 Å². The van der Waals surface area contributed by atoms with Gasteiger partial charge in [0.15, 0.2) is 0 Å². The first-order chi connectivity index (χ1) is 11.1. The molecule has 2 aromatic carbocycles. The van der Waals surface area contributed by atoms with Gasteiger partial charge in [-0.1, -0.05) is 18.2 Å². The third-order valence-electron chi connectivity index (χ3n) is 2.91. The van der Waals surface area contributed by atoms with Crippen LogP contribution in [0.3, 0.4) is 0 Å². The second kappa shape index (κ2) is 8.55. The van der Waals surface area contributed by atoms with Crippen molar-refractivity contribution in [2.45, 2.75) is 6.92 Å². The average molecular weight is 313 g/mol. The number of carbonyl (C=O) groups excluding carboxylic acids is 2. The highest BCUT2D eigenvalue weighted by atomic mass is 16.5. The minimum atomic E-state index is -0.190. The number of benzene rings is 2. The van der Waals surface area contributed by atoms with E-state index >= 15 is 0 Å². The summed E-state index contributed by atoms with van der Waals surface area (Å²) in [5.74, 6) is 0.387. The predicted octanol–water partition coefficient (Wildman–Crippen LogP) is 1.96. The minimum absolute atomic E-state index is 0.114. The van der Waals surface area contributed by atoms with Crippen LogP contribution >= 0.6 is 0 Å². The van der Waals surface area contributed by atoms with Crippen LogP contribution in [0, 0.1) is 0 Å². The summed E-state index contributed by atoms with van der Waals surface area (Å²) < 4.78 is 5.53. The third-order valence-corrected chi connectivity index (χ3v) is 2.91. The van der Waals surface area contributed by atoms with Gasteiger partial charge in [-0.05, 0) is 36.4 Å². The molecule has 0 unspecified atom stereocenters. The maximum Gasteiger partial charge on any atom is 0.265 e. The fraction of sp³-hybridized carbons (Fsp3) is 0.176. The molecule has 6 heteroatoms. The van der Waals surface area contributed by atoms with Crippen molar-refractivity contribution in [1.82, 2.24) is 10.9 Å². The van der Waals surface area contributed by atoms with Crippen LogP contribution in [0.1, 0.15) is 17.3 Å². The van der Waals surface area contributed by atoms with E-state index < -0.39 is 0 Å². The van der Waals surface area contributed by atoms with E-state index in [0.29, 0.717) is 24.5 Å². The molecule has 0 fully saturated rings. The van der Waals surface area contributed by atoms with Gasteiger partial charge in [0, 0.05) is 24.7 Å². The van der Waals surface area contributed by atoms with E-state index in [2.05, 4.69) is 16.2 Å². The Morgan fingerprint density at radius 2 is 1.70 bits per heavy atom. The lowest BCUT2D eigenvalue weighted by Crippen LogP contribution is -2.39. The second-order valence-corrected chi connectivity index (χ2v) is 4.80. The highest BCUT2D eigenvalue weighted by Gasteiger charge is 2.02. The first-order valence-electron chi connectivity index (χ1n) is 7.24. The lowest BCUT2D eigenvalue weighted by molar-refractivity contribution is -0.114. The minimum Gasteiger partial charge on any atom is -0.492 e. The molecule has 0 aromatic heterocycles. The SMILES string of the molecule is CC(=O)Nc1ccc(OCCNNC(=O)c2ccccc2)cc1. The summed E-state index contributed by atoms with van der Waals surface area (Å²) in [4.78, 5) is 22.7. The second-order valence-electron chi connectivity index (χ2n) is 4.80. The van der Waals surface area contributed by atoms with E-state index in [-0.39, 0.29) is 11.8 Å². The number of anilines is 1. The van der Waals surface area contributed by atoms with Crippen molar-refractivity contribution < 1.29 is 14.3 Å². The molecule has 0 radical (unpaired) electrons. The molecule has 0 atom stereocenters. The largest absolute Gasteiger partial charge is 0.492 e. The van der Waals surface area contributed by atoms with E-state index in [1.54, 1.807) is 36.4 Å². The number of hydrazine groups is 1. The predicted molar refractivity (Wildman–Crippen MR) is 88.2 cm³/mol. The van der Waals surface area contributed by atoms with E-state index in [9.17, 15) is 9.59 Å². The lowest BCUT2D eigenvalue weighted by Gasteiger charge is -2.09. The monoisotopic (exact) mass is 313 g/mol. The molecule has 120 valence electrons. The van der Waals surface area contributed by atoms with Crippen molar-refractivity contribution in [3.05, 3.63) is 60.2 Å². The zero-order chi connectivity index (χ0) is 16.5. The molecular weight excluding hydrogens is 294 g/mol. The quantitative estimate of drug-likeness (QED) is 0.539. The summed E-state index contributed by atoms with van der Waals surface area (Å²) in [7, 11) is 0. The molecule has 23 heavy (non-hydrogen) atoms. The Bertz CT molecular complexity index is 642. The van der Waals surface area contributed by atoms with Crippen LogP contribution in [0.15, 0.2) is 54.6 Å². The van der Waals surface area contributed by atoms with Gasteiger partial charge < -0.3 is 10.1 Å². The van der Waals surface area contributed by atoms with Crippen molar-refractivity contribution in [2.24, 2.45) is 0 Å². The first kappa shape index (κ1) is 16.5. The molecule has 0 spiro atoms. The van der Waals surface area contributed by atoms with E-state index in [4.69, 9.17) is 4.74 Å². The number of nitrogens with one attached hydrogen (secondary N) is 3. The van der Waals surface area contributed by atoms with Crippen LogP contribution < -0.4 is 20.9 Å². The van der Waals surface area contributed by atoms with Crippen LogP contribution in [0.25, 0.3) is 0 Å². The Morgan fingerprint density at radius 1 is 1.00 bits per heavy atom. The molecule has 2 aromatic rings. The highest BCUT2D eigenvalue weighted by Crippen LogP contribution is 2.15. The van der Waals surface area contributed by atoms with E-state index in [1.165, 1.54) is 6.92 Å². The topological polar surface area (TPSA) is 79.5 Å². The van der Waals surface area contributed by atoms with Gasteiger partial charge in [0.05, 0.1) is 0 Å². The Hall–Kier alpha value is -2.86. The summed E-state index contributed by atoms with van der Waals surface area (Å²) in [6, 6.07) is 16.0. The lowest BCUT2D eigenvalue weighted by atomic mass is 10.2.